The third kappa shape index (κ3) is 2.08. The SMILES string of the molecule is C/C=C/c1ccc(NC)cn1. The quantitative estimate of drug-likeness (QED) is 0.695. The van der Waals surface area contributed by atoms with Crippen LogP contribution in [0.2, 0.25) is 0 Å². The molecule has 0 atom stereocenters. The predicted molar refractivity (Wildman–Crippen MR) is 48.5 cm³/mol. The molecule has 11 heavy (non-hydrogen) atoms. The van der Waals surface area contributed by atoms with Crippen LogP contribution in [-0.4, -0.2) is 12.0 Å². The van der Waals surface area contributed by atoms with Crippen molar-refractivity contribution in [3.63, 3.8) is 0 Å². The molecule has 0 aromatic carbocycles. The highest BCUT2D eigenvalue weighted by molar-refractivity contribution is 5.49. The molecule has 1 aromatic rings. The lowest BCUT2D eigenvalue weighted by Crippen LogP contribution is -1.88. The average Bonchev–Trinajstić information content (AvgIpc) is 2.07. The summed E-state index contributed by atoms with van der Waals surface area (Å²) in [6.07, 6.45) is 5.76. The van der Waals surface area contributed by atoms with Crippen molar-refractivity contribution in [3.05, 3.63) is 30.1 Å². The Morgan fingerprint density at radius 2 is 2.27 bits per heavy atom. The van der Waals surface area contributed by atoms with E-state index in [0.717, 1.165) is 11.4 Å². The van der Waals surface area contributed by atoms with Gasteiger partial charge in [0.1, 0.15) is 0 Å². The zero-order chi connectivity index (χ0) is 8.10. The van der Waals surface area contributed by atoms with E-state index in [1.54, 1.807) is 0 Å². The molecule has 0 saturated heterocycles. The van der Waals surface area contributed by atoms with Crippen molar-refractivity contribution in [2.24, 2.45) is 0 Å². The Morgan fingerprint density at radius 1 is 1.45 bits per heavy atom. The van der Waals surface area contributed by atoms with Gasteiger partial charge in [-0.3, -0.25) is 4.98 Å². The fourth-order valence-electron chi connectivity index (χ4n) is 0.823. The van der Waals surface area contributed by atoms with Crippen LogP contribution in [0.25, 0.3) is 6.08 Å². The highest BCUT2D eigenvalue weighted by atomic mass is 14.8. The Kier molecular flexibility index (Phi) is 2.66. The van der Waals surface area contributed by atoms with E-state index in [2.05, 4.69) is 10.3 Å². The number of pyridine rings is 1. The second-order valence-corrected chi connectivity index (χ2v) is 2.22. The van der Waals surface area contributed by atoms with Crippen molar-refractivity contribution >= 4 is 11.8 Å². The molecule has 0 spiro atoms. The monoisotopic (exact) mass is 148 g/mol. The van der Waals surface area contributed by atoms with Gasteiger partial charge < -0.3 is 5.32 Å². The Bertz CT molecular complexity index is 236. The molecule has 0 aliphatic carbocycles. The van der Waals surface area contributed by atoms with Gasteiger partial charge >= 0.3 is 0 Å². The van der Waals surface area contributed by atoms with Crippen LogP contribution in [0, 0.1) is 0 Å². The summed E-state index contributed by atoms with van der Waals surface area (Å²) in [6, 6.07) is 3.98. The molecule has 2 heteroatoms. The molecule has 1 heterocycles. The second-order valence-electron chi connectivity index (χ2n) is 2.22. The number of nitrogens with one attached hydrogen (secondary N) is 1. The first kappa shape index (κ1) is 7.79. The first-order chi connectivity index (χ1) is 5.36. The molecule has 58 valence electrons. The molecule has 1 rings (SSSR count). The van der Waals surface area contributed by atoms with Crippen molar-refractivity contribution < 1.29 is 0 Å². The van der Waals surface area contributed by atoms with Crippen LogP contribution in [0.3, 0.4) is 0 Å². The second kappa shape index (κ2) is 3.76. The topological polar surface area (TPSA) is 24.9 Å². The fourth-order valence-corrected chi connectivity index (χ4v) is 0.823. The van der Waals surface area contributed by atoms with Gasteiger partial charge in [0.25, 0.3) is 0 Å². The van der Waals surface area contributed by atoms with Crippen LogP contribution in [0.1, 0.15) is 12.6 Å². The van der Waals surface area contributed by atoms with Gasteiger partial charge in [-0.2, -0.15) is 0 Å². The maximum atomic E-state index is 4.19. The molecule has 0 radical (unpaired) electrons. The third-order valence-corrected chi connectivity index (χ3v) is 1.41. The smallest absolute Gasteiger partial charge is 0.0628 e. The molecule has 2 nitrogen and oxygen atoms in total. The minimum Gasteiger partial charge on any atom is -0.387 e. The van der Waals surface area contributed by atoms with Gasteiger partial charge in [-0.25, -0.2) is 0 Å². The zero-order valence-electron chi connectivity index (χ0n) is 6.83. The van der Waals surface area contributed by atoms with Crippen LogP contribution >= 0.6 is 0 Å². The molecule has 0 saturated carbocycles. The van der Waals surface area contributed by atoms with Gasteiger partial charge in [0, 0.05) is 7.05 Å². The van der Waals surface area contributed by atoms with Gasteiger partial charge in [-0.05, 0) is 25.1 Å². The first-order valence-electron chi connectivity index (χ1n) is 3.63. The summed E-state index contributed by atoms with van der Waals surface area (Å²) in [5, 5.41) is 3.01. The molecule has 0 amide bonds. The van der Waals surface area contributed by atoms with E-state index in [1.807, 2.05) is 44.5 Å². The standard InChI is InChI=1S/C9H12N2/c1-3-4-8-5-6-9(10-2)7-11-8/h3-7,10H,1-2H3/b4-3+. The lowest BCUT2D eigenvalue weighted by atomic mass is 10.3. The lowest BCUT2D eigenvalue weighted by Gasteiger charge is -1.97. The van der Waals surface area contributed by atoms with E-state index in [4.69, 9.17) is 0 Å². The van der Waals surface area contributed by atoms with Crippen LogP contribution in [0.5, 0.6) is 0 Å². The number of allylic oxidation sites excluding steroid dienone is 1. The van der Waals surface area contributed by atoms with Crippen molar-refractivity contribution in [1.82, 2.24) is 4.98 Å². The molecule has 0 aliphatic rings. The van der Waals surface area contributed by atoms with Gasteiger partial charge in [0.15, 0.2) is 0 Å². The molecule has 1 N–H and O–H groups in total. The Morgan fingerprint density at radius 3 is 2.73 bits per heavy atom. The minimum atomic E-state index is 0.992. The minimum absolute atomic E-state index is 0.992. The predicted octanol–water partition coefficient (Wildman–Crippen LogP) is 2.16. The van der Waals surface area contributed by atoms with E-state index in [0.29, 0.717) is 0 Å². The third-order valence-electron chi connectivity index (χ3n) is 1.41. The molecule has 0 bridgehead atoms. The Balaban J connectivity index is 2.82. The van der Waals surface area contributed by atoms with E-state index in [-0.39, 0.29) is 0 Å². The van der Waals surface area contributed by atoms with Crippen LogP contribution in [0.15, 0.2) is 24.4 Å². The summed E-state index contributed by atoms with van der Waals surface area (Å²) in [4.78, 5) is 4.19. The lowest BCUT2D eigenvalue weighted by molar-refractivity contribution is 1.28. The summed E-state index contributed by atoms with van der Waals surface area (Å²) in [7, 11) is 1.88. The van der Waals surface area contributed by atoms with E-state index < -0.39 is 0 Å². The summed E-state index contributed by atoms with van der Waals surface area (Å²) < 4.78 is 0. The molecule has 1 aromatic heterocycles. The van der Waals surface area contributed by atoms with Crippen molar-refractivity contribution in [2.75, 3.05) is 12.4 Å². The van der Waals surface area contributed by atoms with Gasteiger partial charge in [0.2, 0.25) is 0 Å². The maximum absolute atomic E-state index is 4.19. The molecular weight excluding hydrogens is 136 g/mol. The average molecular weight is 148 g/mol. The normalized spacial score (nSPS) is 10.4. The molecule has 0 fully saturated rings. The summed E-state index contributed by atoms with van der Waals surface area (Å²) >= 11 is 0. The Labute approximate surface area is 67.0 Å². The number of aromatic nitrogens is 1. The first-order valence-corrected chi connectivity index (χ1v) is 3.63. The number of rotatable bonds is 2. The summed E-state index contributed by atoms with van der Waals surface area (Å²) in [5.41, 5.74) is 2.03. The summed E-state index contributed by atoms with van der Waals surface area (Å²) in [6.45, 7) is 1.98. The van der Waals surface area contributed by atoms with Crippen molar-refractivity contribution in [2.45, 2.75) is 6.92 Å². The largest absolute Gasteiger partial charge is 0.387 e. The van der Waals surface area contributed by atoms with E-state index >= 15 is 0 Å². The van der Waals surface area contributed by atoms with E-state index in [1.165, 1.54) is 0 Å². The molecular formula is C9H12N2. The number of nitrogens with zero attached hydrogens (tertiary/aromatic N) is 1. The van der Waals surface area contributed by atoms with Crippen LogP contribution in [-0.2, 0) is 0 Å². The van der Waals surface area contributed by atoms with E-state index in [9.17, 15) is 0 Å². The summed E-state index contributed by atoms with van der Waals surface area (Å²) in [5.74, 6) is 0. The molecule has 0 aliphatic heterocycles. The zero-order valence-corrected chi connectivity index (χ0v) is 6.83. The highest BCUT2D eigenvalue weighted by Crippen LogP contribution is 2.05. The number of hydrogen-bond donors (Lipinski definition) is 1. The van der Waals surface area contributed by atoms with Gasteiger partial charge in [-0.1, -0.05) is 6.08 Å². The Hall–Kier alpha value is -1.31. The van der Waals surface area contributed by atoms with Crippen molar-refractivity contribution in [3.8, 4) is 0 Å². The molecule has 0 unspecified atom stereocenters. The van der Waals surface area contributed by atoms with Gasteiger partial charge in [-0.15, -0.1) is 0 Å². The number of hydrogen-bond acceptors (Lipinski definition) is 2. The van der Waals surface area contributed by atoms with Crippen LogP contribution < -0.4 is 5.32 Å². The fraction of sp³-hybridized carbons (Fsp3) is 0.222. The highest BCUT2D eigenvalue weighted by Gasteiger charge is 1.87. The van der Waals surface area contributed by atoms with Crippen molar-refractivity contribution in [1.29, 1.82) is 0 Å². The maximum Gasteiger partial charge on any atom is 0.0628 e. The van der Waals surface area contributed by atoms with Crippen LogP contribution in [0.4, 0.5) is 5.69 Å². The number of anilines is 1. The van der Waals surface area contributed by atoms with Gasteiger partial charge in [0.05, 0.1) is 17.6 Å².